The molecule has 18 heavy (non-hydrogen) atoms. The molecule has 0 bridgehead atoms. The highest BCUT2D eigenvalue weighted by atomic mass is 16.5. The molecule has 0 fully saturated rings. The molecule has 0 amide bonds. The molecule has 2 rings (SSSR count). The Morgan fingerprint density at radius 1 is 1.39 bits per heavy atom. The van der Waals surface area contributed by atoms with Crippen LogP contribution in [0.25, 0.3) is 11.4 Å². The average Bonchev–Trinajstić information content (AvgIpc) is 2.88. The smallest absolute Gasteiger partial charge is 0.213 e. The molecule has 0 atom stereocenters. The number of rotatable bonds is 3. The fourth-order valence-electron chi connectivity index (χ4n) is 1.34. The summed E-state index contributed by atoms with van der Waals surface area (Å²) in [5, 5.41) is 12.1. The van der Waals surface area contributed by atoms with Gasteiger partial charge in [0.15, 0.2) is 0 Å². The first-order valence-corrected chi connectivity index (χ1v) is 5.57. The minimum Gasteiger partial charge on any atom is -0.481 e. The van der Waals surface area contributed by atoms with E-state index in [1.54, 1.807) is 19.4 Å². The predicted molar refractivity (Wildman–Crippen MR) is 65.7 cm³/mol. The molecule has 0 aliphatic heterocycles. The first kappa shape index (κ1) is 12.0. The SMILES string of the molecule is CCC#CCn1nnc(-c2ccnc(OC)c2)n1. The van der Waals surface area contributed by atoms with Gasteiger partial charge in [0.1, 0.15) is 6.54 Å². The number of ether oxygens (including phenoxy) is 1. The van der Waals surface area contributed by atoms with Gasteiger partial charge < -0.3 is 4.74 Å². The van der Waals surface area contributed by atoms with Crippen LogP contribution >= 0.6 is 0 Å². The Morgan fingerprint density at radius 3 is 3.06 bits per heavy atom. The number of tetrazole rings is 1. The van der Waals surface area contributed by atoms with E-state index in [1.807, 2.05) is 13.0 Å². The Bertz CT molecular complexity index is 581. The molecule has 0 N–H and O–H groups in total. The normalized spacial score (nSPS) is 9.67. The minimum absolute atomic E-state index is 0.447. The van der Waals surface area contributed by atoms with Crippen LogP contribution in [0.2, 0.25) is 0 Å². The van der Waals surface area contributed by atoms with Crippen molar-refractivity contribution in [3.05, 3.63) is 18.3 Å². The molecule has 92 valence electrons. The molecule has 6 heteroatoms. The van der Waals surface area contributed by atoms with Crippen LogP contribution in [0.15, 0.2) is 18.3 Å². The van der Waals surface area contributed by atoms with Crippen LogP contribution in [0.5, 0.6) is 5.88 Å². The highest BCUT2D eigenvalue weighted by Crippen LogP contribution is 2.17. The number of hydrogen-bond donors (Lipinski definition) is 0. The fraction of sp³-hybridized carbons (Fsp3) is 0.333. The van der Waals surface area contributed by atoms with Crippen molar-refractivity contribution in [3.63, 3.8) is 0 Å². The lowest BCUT2D eigenvalue weighted by atomic mass is 10.2. The molecule has 0 saturated carbocycles. The van der Waals surface area contributed by atoms with Gasteiger partial charge in [-0.2, -0.15) is 4.80 Å². The zero-order valence-electron chi connectivity index (χ0n) is 10.3. The largest absolute Gasteiger partial charge is 0.481 e. The van der Waals surface area contributed by atoms with Gasteiger partial charge in [-0.3, -0.25) is 0 Å². The number of methoxy groups -OCH3 is 1. The van der Waals surface area contributed by atoms with E-state index in [1.165, 1.54) is 4.80 Å². The molecule has 6 nitrogen and oxygen atoms in total. The van der Waals surface area contributed by atoms with E-state index < -0.39 is 0 Å². The van der Waals surface area contributed by atoms with Crippen LogP contribution in [0.1, 0.15) is 13.3 Å². The van der Waals surface area contributed by atoms with Gasteiger partial charge >= 0.3 is 0 Å². The second kappa shape index (κ2) is 5.77. The first-order chi connectivity index (χ1) is 8.83. The maximum Gasteiger partial charge on any atom is 0.213 e. The summed E-state index contributed by atoms with van der Waals surface area (Å²) in [6, 6.07) is 3.57. The van der Waals surface area contributed by atoms with Crippen molar-refractivity contribution in [2.24, 2.45) is 0 Å². The Balaban J connectivity index is 2.18. The molecule has 2 heterocycles. The van der Waals surface area contributed by atoms with Crippen LogP contribution in [-0.4, -0.2) is 32.3 Å². The highest BCUT2D eigenvalue weighted by molar-refractivity contribution is 5.54. The monoisotopic (exact) mass is 243 g/mol. The van der Waals surface area contributed by atoms with Crippen molar-refractivity contribution < 1.29 is 4.74 Å². The van der Waals surface area contributed by atoms with Gasteiger partial charge in [-0.25, -0.2) is 4.98 Å². The summed E-state index contributed by atoms with van der Waals surface area (Å²) in [4.78, 5) is 5.49. The lowest BCUT2D eigenvalue weighted by Gasteiger charge is -1.98. The Morgan fingerprint density at radius 2 is 2.28 bits per heavy atom. The molecule has 0 aromatic carbocycles. The van der Waals surface area contributed by atoms with Crippen molar-refractivity contribution in [1.82, 2.24) is 25.2 Å². The van der Waals surface area contributed by atoms with Gasteiger partial charge in [0.25, 0.3) is 0 Å². The highest BCUT2D eigenvalue weighted by Gasteiger charge is 2.06. The maximum atomic E-state index is 5.05. The third-order valence-corrected chi connectivity index (χ3v) is 2.18. The molecule has 2 aromatic heterocycles. The summed E-state index contributed by atoms with van der Waals surface area (Å²) in [7, 11) is 1.57. The van der Waals surface area contributed by atoms with E-state index in [0.29, 0.717) is 18.2 Å². The topological polar surface area (TPSA) is 65.7 Å². The molecule has 0 spiro atoms. The lowest BCUT2D eigenvalue weighted by molar-refractivity contribution is 0.398. The van der Waals surface area contributed by atoms with Crippen molar-refractivity contribution in [3.8, 4) is 29.1 Å². The van der Waals surface area contributed by atoms with Gasteiger partial charge in [0.05, 0.1) is 7.11 Å². The van der Waals surface area contributed by atoms with Crippen LogP contribution in [0.4, 0.5) is 0 Å². The summed E-state index contributed by atoms with van der Waals surface area (Å²) in [5.41, 5.74) is 0.816. The van der Waals surface area contributed by atoms with Crippen LogP contribution in [0.3, 0.4) is 0 Å². The van der Waals surface area contributed by atoms with Gasteiger partial charge in [-0.15, -0.1) is 16.1 Å². The molecule has 0 radical (unpaired) electrons. The van der Waals surface area contributed by atoms with Gasteiger partial charge in [-0.1, -0.05) is 12.8 Å². The zero-order chi connectivity index (χ0) is 12.8. The van der Waals surface area contributed by atoms with Crippen LogP contribution in [-0.2, 0) is 6.54 Å². The van der Waals surface area contributed by atoms with E-state index in [-0.39, 0.29) is 0 Å². The van der Waals surface area contributed by atoms with Gasteiger partial charge in [0, 0.05) is 24.2 Å². The number of aromatic nitrogens is 5. The molecular formula is C12H13N5O. The minimum atomic E-state index is 0.447. The molecule has 0 aliphatic rings. The second-order valence-electron chi connectivity index (χ2n) is 3.44. The van der Waals surface area contributed by atoms with Gasteiger partial charge in [-0.05, 0) is 11.3 Å². The third kappa shape index (κ3) is 2.83. The summed E-state index contributed by atoms with van der Waals surface area (Å²) >= 11 is 0. The maximum absolute atomic E-state index is 5.05. The molecule has 2 aromatic rings. The number of nitrogens with zero attached hydrogens (tertiary/aromatic N) is 5. The van der Waals surface area contributed by atoms with E-state index >= 15 is 0 Å². The quantitative estimate of drug-likeness (QED) is 0.757. The number of pyridine rings is 1. The van der Waals surface area contributed by atoms with E-state index in [4.69, 9.17) is 4.74 Å². The predicted octanol–water partition coefficient (Wildman–Crippen LogP) is 1.16. The fourth-order valence-corrected chi connectivity index (χ4v) is 1.34. The Labute approximate surface area is 105 Å². The summed E-state index contributed by atoms with van der Waals surface area (Å²) in [6.07, 6.45) is 2.47. The van der Waals surface area contributed by atoms with Crippen LogP contribution in [0, 0.1) is 11.8 Å². The standard InChI is InChI=1S/C12H13N5O/c1-3-4-5-8-17-15-12(14-16-17)10-6-7-13-11(9-10)18-2/h6-7,9H,3,8H2,1-2H3. The van der Waals surface area contributed by atoms with Crippen molar-refractivity contribution in [2.45, 2.75) is 19.9 Å². The zero-order valence-corrected chi connectivity index (χ0v) is 10.3. The van der Waals surface area contributed by atoms with Crippen molar-refractivity contribution >= 4 is 0 Å². The van der Waals surface area contributed by atoms with E-state index in [9.17, 15) is 0 Å². The molecular weight excluding hydrogens is 230 g/mol. The summed E-state index contributed by atoms with van der Waals surface area (Å²) < 4.78 is 5.05. The lowest BCUT2D eigenvalue weighted by Crippen LogP contribution is -2.00. The molecule has 0 unspecified atom stereocenters. The second-order valence-corrected chi connectivity index (χ2v) is 3.44. The molecule has 0 aliphatic carbocycles. The third-order valence-electron chi connectivity index (χ3n) is 2.18. The van der Waals surface area contributed by atoms with E-state index in [2.05, 4.69) is 32.2 Å². The summed E-state index contributed by atoms with van der Waals surface area (Å²) in [6.45, 7) is 2.44. The Kier molecular flexibility index (Phi) is 3.86. The Hall–Kier alpha value is -2.42. The van der Waals surface area contributed by atoms with Crippen molar-refractivity contribution in [2.75, 3.05) is 7.11 Å². The first-order valence-electron chi connectivity index (χ1n) is 5.57. The number of hydrogen-bond acceptors (Lipinski definition) is 5. The van der Waals surface area contributed by atoms with Gasteiger partial charge in [0.2, 0.25) is 11.7 Å². The molecule has 0 saturated heterocycles. The average molecular weight is 243 g/mol. The summed E-state index contributed by atoms with van der Waals surface area (Å²) in [5.74, 6) is 6.96. The van der Waals surface area contributed by atoms with E-state index in [0.717, 1.165) is 12.0 Å². The van der Waals surface area contributed by atoms with Crippen molar-refractivity contribution in [1.29, 1.82) is 0 Å². The van der Waals surface area contributed by atoms with Crippen LogP contribution < -0.4 is 4.74 Å².